The Kier molecular flexibility index (Phi) is 4.85. The third-order valence-corrected chi connectivity index (χ3v) is 4.25. The van der Waals surface area contributed by atoms with Crippen LogP contribution in [0.15, 0.2) is 23.6 Å². The summed E-state index contributed by atoms with van der Waals surface area (Å²) in [6, 6.07) is 5.93. The van der Waals surface area contributed by atoms with Crippen LogP contribution in [0.2, 0.25) is 10.0 Å². The molecule has 0 saturated carbocycles. The topological polar surface area (TPSA) is 24.9 Å². The summed E-state index contributed by atoms with van der Waals surface area (Å²) >= 11 is 13.9. The molecule has 0 spiro atoms. The molecule has 0 bridgehead atoms. The lowest BCUT2D eigenvalue weighted by atomic mass is 10.1. The van der Waals surface area contributed by atoms with Crippen molar-refractivity contribution in [2.24, 2.45) is 0 Å². The number of hydrogen-bond acceptors (Lipinski definition) is 3. The van der Waals surface area contributed by atoms with E-state index in [1.165, 1.54) is 0 Å². The van der Waals surface area contributed by atoms with E-state index >= 15 is 0 Å². The van der Waals surface area contributed by atoms with Gasteiger partial charge < -0.3 is 5.32 Å². The van der Waals surface area contributed by atoms with Crippen LogP contribution in [-0.2, 0) is 0 Å². The molecule has 1 heterocycles. The van der Waals surface area contributed by atoms with Gasteiger partial charge in [0.1, 0.15) is 5.01 Å². The van der Waals surface area contributed by atoms with Crippen LogP contribution in [0.4, 0.5) is 0 Å². The van der Waals surface area contributed by atoms with Crippen LogP contribution in [0, 0.1) is 6.92 Å². The Morgan fingerprint density at radius 2 is 2.00 bits per heavy atom. The highest BCUT2D eigenvalue weighted by Crippen LogP contribution is 2.32. The molecule has 1 aromatic heterocycles. The molecule has 0 aliphatic heterocycles. The van der Waals surface area contributed by atoms with E-state index < -0.39 is 0 Å². The maximum absolute atomic E-state index is 6.32. The fraction of sp³-hybridized carbons (Fsp3) is 0.357. The van der Waals surface area contributed by atoms with E-state index in [4.69, 9.17) is 23.2 Å². The van der Waals surface area contributed by atoms with Crippen LogP contribution in [0.5, 0.6) is 0 Å². The number of rotatable bonds is 4. The second-order valence-electron chi connectivity index (χ2n) is 4.75. The number of halogens is 2. The maximum atomic E-state index is 6.32. The van der Waals surface area contributed by atoms with Gasteiger partial charge in [0.25, 0.3) is 0 Å². The normalized spacial score (nSPS) is 12.9. The van der Waals surface area contributed by atoms with Gasteiger partial charge in [-0.15, -0.1) is 11.3 Å². The smallest absolute Gasteiger partial charge is 0.114 e. The molecule has 1 N–H and O–H groups in total. The quantitative estimate of drug-likeness (QED) is 0.873. The highest BCUT2D eigenvalue weighted by Gasteiger charge is 2.20. The second kappa shape index (κ2) is 6.23. The molecule has 0 amide bonds. The third kappa shape index (κ3) is 3.69. The lowest BCUT2D eigenvalue weighted by molar-refractivity contribution is 0.526. The first-order valence-electron chi connectivity index (χ1n) is 6.10. The maximum Gasteiger partial charge on any atom is 0.114 e. The molecule has 0 radical (unpaired) electrons. The van der Waals surface area contributed by atoms with Crippen molar-refractivity contribution >= 4 is 34.5 Å². The number of aryl methyl sites for hydroxylation is 1. The minimum atomic E-state index is 0.00321. The van der Waals surface area contributed by atoms with Gasteiger partial charge in [-0.2, -0.15) is 0 Å². The standard InChI is InChI=1S/C14H16Cl2N2S/c1-8(2)17-13(14-18-9(3)7-19-14)11-5-4-10(15)6-12(11)16/h4-8,13,17H,1-3H3. The minimum absolute atomic E-state index is 0.00321. The second-order valence-corrected chi connectivity index (χ2v) is 6.48. The van der Waals surface area contributed by atoms with Crippen LogP contribution >= 0.6 is 34.5 Å². The molecule has 102 valence electrons. The van der Waals surface area contributed by atoms with Crippen molar-refractivity contribution in [2.45, 2.75) is 32.9 Å². The van der Waals surface area contributed by atoms with E-state index in [-0.39, 0.29) is 6.04 Å². The lowest BCUT2D eigenvalue weighted by Crippen LogP contribution is -2.29. The molecular formula is C14H16Cl2N2S. The van der Waals surface area contributed by atoms with E-state index in [1.807, 2.05) is 24.4 Å². The average Bonchev–Trinajstić information content (AvgIpc) is 2.73. The Labute approximate surface area is 127 Å². The molecule has 0 aliphatic rings. The van der Waals surface area contributed by atoms with Crippen molar-refractivity contribution in [2.75, 3.05) is 0 Å². The van der Waals surface area contributed by atoms with E-state index in [0.717, 1.165) is 16.3 Å². The molecule has 1 unspecified atom stereocenters. The zero-order chi connectivity index (χ0) is 14.0. The van der Waals surface area contributed by atoms with Gasteiger partial charge in [0.2, 0.25) is 0 Å². The predicted octanol–water partition coefficient (Wildman–Crippen LogP) is 4.85. The first-order valence-corrected chi connectivity index (χ1v) is 7.74. The largest absolute Gasteiger partial charge is 0.302 e. The summed E-state index contributed by atoms with van der Waals surface area (Å²) in [5.41, 5.74) is 2.04. The number of nitrogens with one attached hydrogen (secondary N) is 1. The molecule has 0 fully saturated rings. The molecule has 1 atom stereocenters. The van der Waals surface area contributed by atoms with Gasteiger partial charge in [-0.3, -0.25) is 0 Å². The summed E-state index contributed by atoms with van der Waals surface area (Å²) in [7, 11) is 0. The molecule has 1 aromatic carbocycles. The first kappa shape index (κ1) is 14.8. The summed E-state index contributed by atoms with van der Waals surface area (Å²) in [5.74, 6) is 0. The number of nitrogens with zero attached hydrogens (tertiary/aromatic N) is 1. The van der Waals surface area contributed by atoms with E-state index in [9.17, 15) is 0 Å². The van der Waals surface area contributed by atoms with Gasteiger partial charge >= 0.3 is 0 Å². The fourth-order valence-corrected chi connectivity index (χ4v) is 3.26. The first-order chi connectivity index (χ1) is 8.97. The monoisotopic (exact) mass is 314 g/mol. The van der Waals surface area contributed by atoms with Crippen molar-refractivity contribution in [3.63, 3.8) is 0 Å². The van der Waals surface area contributed by atoms with Crippen molar-refractivity contribution in [3.05, 3.63) is 49.9 Å². The van der Waals surface area contributed by atoms with Crippen LogP contribution in [0.1, 0.15) is 36.2 Å². The van der Waals surface area contributed by atoms with Gasteiger partial charge in [0, 0.05) is 27.2 Å². The lowest BCUT2D eigenvalue weighted by Gasteiger charge is -2.21. The Hall–Kier alpha value is -0.610. The van der Waals surface area contributed by atoms with Crippen molar-refractivity contribution in [3.8, 4) is 0 Å². The summed E-state index contributed by atoms with van der Waals surface area (Å²) in [5, 5.41) is 7.89. The van der Waals surface area contributed by atoms with E-state index in [0.29, 0.717) is 16.1 Å². The van der Waals surface area contributed by atoms with Crippen LogP contribution < -0.4 is 5.32 Å². The number of hydrogen-bond donors (Lipinski definition) is 1. The highest BCUT2D eigenvalue weighted by molar-refractivity contribution is 7.09. The van der Waals surface area contributed by atoms with Crippen molar-refractivity contribution in [1.82, 2.24) is 10.3 Å². The van der Waals surface area contributed by atoms with Crippen LogP contribution in [-0.4, -0.2) is 11.0 Å². The van der Waals surface area contributed by atoms with Crippen LogP contribution in [0.25, 0.3) is 0 Å². The summed E-state index contributed by atoms with van der Waals surface area (Å²) in [6.45, 7) is 6.21. The Morgan fingerprint density at radius 1 is 1.26 bits per heavy atom. The summed E-state index contributed by atoms with van der Waals surface area (Å²) < 4.78 is 0. The van der Waals surface area contributed by atoms with E-state index in [1.54, 1.807) is 17.4 Å². The van der Waals surface area contributed by atoms with Gasteiger partial charge in [-0.1, -0.05) is 29.3 Å². The zero-order valence-electron chi connectivity index (χ0n) is 11.1. The number of benzene rings is 1. The predicted molar refractivity (Wildman–Crippen MR) is 83.4 cm³/mol. The van der Waals surface area contributed by atoms with Gasteiger partial charge in [0.05, 0.1) is 6.04 Å². The van der Waals surface area contributed by atoms with Crippen molar-refractivity contribution in [1.29, 1.82) is 0 Å². The molecule has 2 nitrogen and oxygen atoms in total. The van der Waals surface area contributed by atoms with Gasteiger partial charge in [-0.05, 0) is 38.5 Å². The zero-order valence-corrected chi connectivity index (χ0v) is 13.4. The van der Waals surface area contributed by atoms with E-state index in [2.05, 4.69) is 24.1 Å². The molecular weight excluding hydrogens is 299 g/mol. The van der Waals surface area contributed by atoms with Gasteiger partial charge in [0.15, 0.2) is 0 Å². The Balaban J connectivity index is 2.42. The Morgan fingerprint density at radius 3 is 2.53 bits per heavy atom. The molecule has 0 saturated heterocycles. The highest BCUT2D eigenvalue weighted by atomic mass is 35.5. The van der Waals surface area contributed by atoms with Crippen molar-refractivity contribution < 1.29 is 0 Å². The summed E-state index contributed by atoms with van der Waals surface area (Å²) in [4.78, 5) is 4.57. The molecule has 2 rings (SSSR count). The van der Waals surface area contributed by atoms with Crippen LogP contribution in [0.3, 0.4) is 0 Å². The average molecular weight is 315 g/mol. The minimum Gasteiger partial charge on any atom is -0.302 e. The Bertz CT molecular complexity index is 566. The fourth-order valence-electron chi connectivity index (χ4n) is 1.87. The third-order valence-electron chi connectivity index (χ3n) is 2.66. The molecule has 2 aromatic rings. The van der Waals surface area contributed by atoms with Gasteiger partial charge in [-0.25, -0.2) is 4.98 Å². The molecule has 5 heteroatoms. The number of aromatic nitrogens is 1. The molecule has 19 heavy (non-hydrogen) atoms. The molecule has 0 aliphatic carbocycles. The number of thiazole rings is 1. The summed E-state index contributed by atoms with van der Waals surface area (Å²) in [6.07, 6.45) is 0. The SMILES string of the molecule is Cc1csc(C(NC(C)C)c2ccc(Cl)cc2Cl)n1.